The Morgan fingerprint density at radius 2 is 2.05 bits per heavy atom. The number of hydrogen-bond acceptors (Lipinski definition) is 5. The van der Waals surface area contributed by atoms with E-state index in [-0.39, 0.29) is 0 Å². The number of aromatic nitrogens is 2. The van der Waals surface area contributed by atoms with Gasteiger partial charge in [0, 0.05) is 43.1 Å². The van der Waals surface area contributed by atoms with Crippen molar-refractivity contribution in [2.45, 2.75) is 33.1 Å². The van der Waals surface area contributed by atoms with Gasteiger partial charge in [-0.05, 0) is 6.42 Å². The van der Waals surface area contributed by atoms with Gasteiger partial charge < -0.3 is 10.2 Å². The van der Waals surface area contributed by atoms with Crippen LogP contribution in [0.25, 0.3) is 0 Å². The lowest BCUT2D eigenvalue weighted by atomic mass is 10.2. The molecule has 0 saturated carbocycles. The summed E-state index contributed by atoms with van der Waals surface area (Å²) in [5.74, 6) is 5.74. The Labute approximate surface area is 120 Å². The Kier molecular flexibility index (Phi) is 5.31. The third kappa shape index (κ3) is 4.00. The van der Waals surface area contributed by atoms with E-state index in [0.29, 0.717) is 5.92 Å². The third-order valence-electron chi connectivity index (χ3n) is 3.14. The van der Waals surface area contributed by atoms with E-state index in [1.165, 1.54) is 11.5 Å². The molecule has 0 bridgehead atoms. The largest absolute Gasteiger partial charge is 0.370 e. The van der Waals surface area contributed by atoms with Crippen molar-refractivity contribution in [2.75, 3.05) is 41.4 Å². The first-order chi connectivity index (χ1) is 9.20. The lowest BCUT2D eigenvalue weighted by molar-refractivity contribution is 0.754. The molecule has 0 aromatic carbocycles. The maximum Gasteiger partial charge on any atom is 0.135 e. The van der Waals surface area contributed by atoms with Crippen LogP contribution < -0.4 is 10.2 Å². The highest BCUT2D eigenvalue weighted by molar-refractivity contribution is 7.99. The monoisotopic (exact) mass is 280 g/mol. The number of nitrogens with one attached hydrogen (secondary N) is 1. The Bertz CT molecular complexity index is 402. The van der Waals surface area contributed by atoms with E-state index in [0.717, 1.165) is 43.5 Å². The summed E-state index contributed by atoms with van der Waals surface area (Å²) in [6.07, 6.45) is 1.11. The highest BCUT2D eigenvalue weighted by atomic mass is 32.2. The van der Waals surface area contributed by atoms with E-state index >= 15 is 0 Å². The Morgan fingerprint density at radius 3 is 2.68 bits per heavy atom. The van der Waals surface area contributed by atoms with Crippen LogP contribution in [0.1, 0.15) is 38.9 Å². The zero-order valence-corrected chi connectivity index (χ0v) is 13.0. The predicted molar refractivity (Wildman–Crippen MR) is 84.4 cm³/mol. The minimum Gasteiger partial charge on any atom is -0.370 e. The van der Waals surface area contributed by atoms with Gasteiger partial charge in [0.2, 0.25) is 0 Å². The van der Waals surface area contributed by atoms with Gasteiger partial charge in [0.15, 0.2) is 0 Å². The maximum absolute atomic E-state index is 4.73. The molecule has 4 nitrogen and oxygen atoms in total. The highest BCUT2D eigenvalue weighted by Crippen LogP contribution is 2.22. The SMILES string of the molecule is CCCNc1cc(N2CCSCC2)nc(C(C)C)n1. The third-order valence-corrected chi connectivity index (χ3v) is 4.08. The Hall–Kier alpha value is -0.970. The molecule has 0 unspecified atom stereocenters. The smallest absolute Gasteiger partial charge is 0.135 e. The van der Waals surface area contributed by atoms with Crippen LogP contribution in [0, 0.1) is 0 Å². The molecular formula is C14H24N4S. The molecule has 0 amide bonds. The van der Waals surface area contributed by atoms with Gasteiger partial charge in [-0.1, -0.05) is 20.8 Å². The molecule has 1 aliphatic rings. The van der Waals surface area contributed by atoms with Crippen LogP contribution in [-0.2, 0) is 0 Å². The number of hydrogen-bond donors (Lipinski definition) is 1. The standard InChI is InChI=1S/C14H24N4S/c1-4-5-15-12-10-13(17-14(16-12)11(2)3)18-6-8-19-9-7-18/h10-11H,4-9H2,1-3H3,(H,15,16,17). The van der Waals surface area contributed by atoms with Crippen molar-refractivity contribution < 1.29 is 0 Å². The van der Waals surface area contributed by atoms with Crippen LogP contribution in [0.5, 0.6) is 0 Å². The lowest BCUT2D eigenvalue weighted by Crippen LogP contribution is -2.33. The summed E-state index contributed by atoms with van der Waals surface area (Å²) in [5.41, 5.74) is 0. The van der Waals surface area contributed by atoms with Crippen molar-refractivity contribution in [3.8, 4) is 0 Å². The van der Waals surface area contributed by atoms with Crippen molar-refractivity contribution in [1.82, 2.24) is 9.97 Å². The number of thioether (sulfide) groups is 1. The van der Waals surface area contributed by atoms with Gasteiger partial charge in [-0.25, -0.2) is 9.97 Å². The topological polar surface area (TPSA) is 41.0 Å². The average molecular weight is 280 g/mol. The average Bonchev–Trinajstić information content (AvgIpc) is 2.45. The predicted octanol–water partition coefficient (Wildman–Crippen LogP) is 2.98. The fourth-order valence-corrected chi connectivity index (χ4v) is 2.91. The van der Waals surface area contributed by atoms with Gasteiger partial charge in [0.25, 0.3) is 0 Å². The molecule has 5 heteroatoms. The summed E-state index contributed by atoms with van der Waals surface area (Å²) >= 11 is 2.02. The molecule has 106 valence electrons. The summed E-state index contributed by atoms with van der Waals surface area (Å²) in [4.78, 5) is 11.7. The summed E-state index contributed by atoms with van der Waals surface area (Å²) in [5, 5.41) is 3.39. The second-order valence-electron chi connectivity index (χ2n) is 5.15. The lowest BCUT2D eigenvalue weighted by Gasteiger charge is -2.28. The van der Waals surface area contributed by atoms with Crippen LogP contribution in [-0.4, -0.2) is 41.1 Å². The summed E-state index contributed by atoms with van der Waals surface area (Å²) in [6.45, 7) is 9.60. The van der Waals surface area contributed by atoms with Gasteiger partial charge in [0.1, 0.15) is 17.5 Å². The first-order valence-electron chi connectivity index (χ1n) is 7.16. The molecule has 0 spiro atoms. The first-order valence-corrected chi connectivity index (χ1v) is 8.31. The fourth-order valence-electron chi connectivity index (χ4n) is 2.01. The van der Waals surface area contributed by atoms with Gasteiger partial charge >= 0.3 is 0 Å². The molecule has 0 aliphatic carbocycles. The molecule has 0 atom stereocenters. The Balaban J connectivity index is 2.22. The highest BCUT2D eigenvalue weighted by Gasteiger charge is 2.15. The van der Waals surface area contributed by atoms with Crippen LogP contribution in [0.3, 0.4) is 0 Å². The minimum absolute atomic E-state index is 0.362. The molecule has 1 N–H and O–H groups in total. The van der Waals surface area contributed by atoms with Gasteiger partial charge in [-0.3, -0.25) is 0 Å². The Morgan fingerprint density at radius 1 is 1.32 bits per heavy atom. The first kappa shape index (κ1) is 14.4. The van der Waals surface area contributed by atoms with E-state index in [1.807, 2.05) is 11.8 Å². The number of nitrogens with zero attached hydrogens (tertiary/aromatic N) is 3. The normalized spacial score (nSPS) is 15.9. The molecule has 1 aliphatic heterocycles. The second kappa shape index (κ2) is 6.98. The van der Waals surface area contributed by atoms with E-state index in [9.17, 15) is 0 Å². The maximum atomic E-state index is 4.73. The van der Waals surface area contributed by atoms with E-state index < -0.39 is 0 Å². The molecule has 19 heavy (non-hydrogen) atoms. The summed E-state index contributed by atoms with van der Waals surface area (Å²) in [6, 6.07) is 2.09. The zero-order chi connectivity index (χ0) is 13.7. The summed E-state index contributed by atoms with van der Waals surface area (Å²) < 4.78 is 0. The molecule has 1 saturated heterocycles. The van der Waals surface area contributed by atoms with Crippen molar-refractivity contribution >= 4 is 23.4 Å². The second-order valence-corrected chi connectivity index (χ2v) is 6.38. The molecule has 0 radical (unpaired) electrons. The van der Waals surface area contributed by atoms with Crippen molar-refractivity contribution in [1.29, 1.82) is 0 Å². The fraction of sp³-hybridized carbons (Fsp3) is 0.714. The van der Waals surface area contributed by atoms with Crippen molar-refractivity contribution in [3.63, 3.8) is 0 Å². The van der Waals surface area contributed by atoms with Crippen LogP contribution >= 0.6 is 11.8 Å². The van der Waals surface area contributed by atoms with E-state index in [4.69, 9.17) is 4.98 Å². The van der Waals surface area contributed by atoms with Crippen molar-refractivity contribution in [2.24, 2.45) is 0 Å². The van der Waals surface area contributed by atoms with Gasteiger partial charge in [-0.15, -0.1) is 0 Å². The van der Waals surface area contributed by atoms with Gasteiger partial charge in [-0.2, -0.15) is 11.8 Å². The van der Waals surface area contributed by atoms with Gasteiger partial charge in [0.05, 0.1) is 0 Å². The molecular weight excluding hydrogens is 256 g/mol. The molecule has 1 aromatic rings. The molecule has 1 aromatic heterocycles. The molecule has 2 rings (SSSR count). The van der Waals surface area contributed by atoms with Crippen LogP contribution in [0.15, 0.2) is 6.07 Å². The molecule has 2 heterocycles. The molecule has 1 fully saturated rings. The van der Waals surface area contributed by atoms with E-state index in [1.54, 1.807) is 0 Å². The zero-order valence-electron chi connectivity index (χ0n) is 12.1. The van der Waals surface area contributed by atoms with Crippen LogP contribution in [0.4, 0.5) is 11.6 Å². The number of anilines is 2. The van der Waals surface area contributed by atoms with E-state index in [2.05, 4.69) is 42.0 Å². The van der Waals surface area contributed by atoms with Crippen molar-refractivity contribution in [3.05, 3.63) is 11.9 Å². The number of rotatable bonds is 5. The minimum atomic E-state index is 0.362. The summed E-state index contributed by atoms with van der Waals surface area (Å²) in [7, 11) is 0. The van der Waals surface area contributed by atoms with Crippen LogP contribution in [0.2, 0.25) is 0 Å². The quantitative estimate of drug-likeness (QED) is 0.898.